The number of allylic oxidation sites excluding steroid dienone is 3. The normalized spacial score (nSPS) is 27.3. The zero-order valence-electron chi connectivity index (χ0n) is 8.40. The Morgan fingerprint density at radius 1 is 1.67 bits per heavy atom. The number of rotatable bonds is 3. The van der Waals surface area contributed by atoms with Gasteiger partial charge in [-0.05, 0) is 44.9 Å². The van der Waals surface area contributed by atoms with E-state index in [1.165, 1.54) is 25.7 Å². The van der Waals surface area contributed by atoms with E-state index < -0.39 is 0 Å². The fourth-order valence-electron chi connectivity index (χ4n) is 1.93. The summed E-state index contributed by atoms with van der Waals surface area (Å²) in [5, 5.41) is 0. The summed E-state index contributed by atoms with van der Waals surface area (Å²) in [6.07, 6.45) is 8.49. The maximum Gasteiger partial charge on any atom is -0.0286 e. The molecule has 0 aromatic carbocycles. The molecule has 0 bridgehead atoms. The van der Waals surface area contributed by atoms with Gasteiger partial charge in [-0.15, -0.1) is 6.58 Å². The lowest BCUT2D eigenvalue weighted by molar-refractivity contribution is 0.619. The van der Waals surface area contributed by atoms with Crippen molar-refractivity contribution >= 4 is 0 Å². The van der Waals surface area contributed by atoms with Crippen LogP contribution in [0.2, 0.25) is 0 Å². The second-order valence-electron chi connectivity index (χ2n) is 4.06. The van der Waals surface area contributed by atoms with Crippen molar-refractivity contribution in [1.29, 1.82) is 0 Å². The Kier molecular flexibility index (Phi) is 3.58. The average molecular weight is 164 g/mol. The molecule has 0 aromatic rings. The molecule has 0 nitrogen and oxygen atoms in total. The zero-order chi connectivity index (χ0) is 8.97. The standard InChI is InChI=1S/C12H20/c1-4-5-6-11(3)12-8-7-10(2)9-12/h4,10H,1,5-9H2,2-3H3. The van der Waals surface area contributed by atoms with Crippen LogP contribution in [-0.4, -0.2) is 0 Å². The Hall–Kier alpha value is -0.520. The maximum atomic E-state index is 3.75. The van der Waals surface area contributed by atoms with Gasteiger partial charge in [0.1, 0.15) is 0 Å². The van der Waals surface area contributed by atoms with Gasteiger partial charge in [-0.3, -0.25) is 0 Å². The third-order valence-electron chi connectivity index (χ3n) is 2.86. The van der Waals surface area contributed by atoms with Gasteiger partial charge in [0, 0.05) is 0 Å². The predicted molar refractivity (Wildman–Crippen MR) is 55.1 cm³/mol. The first-order valence-electron chi connectivity index (χ1n) is 5.02. The molecule has 0 aromatic heterocycles. The molecule has 0 spiro atoms. The van der Waals surface area contributed by atoms with E-state index >= 15 is 0 Å². The molecule has 0 heterocycles. The van der Waals surface area contributed by atoms with Gasteiger partial charge in [0.2, 0.25) is 0 Å². The van der Waals surface area contributed by atoms with Gasteiger partial charge in [0.25, 0.3) is 0 Å². The lowest BCUT2D eigenvalue weighted by Gasteiger charge is -2.04. The summed E-state index contributed by atoms with van der Waals surface area (Å²) in [5.74, 6) is 0.929. The zero-order valence-corrected chi connectivity index (χ0v) is 8.40. The van der Waals surface area contributed by atoms with Crippen LogP contribution in [-0.2, 0) is 0 Å². The highest BCUT2D eigenvalue weighted by Gasteiger charge is 2.16. The first kappa shape index (κ1) is 9.57. The van der Waals surface area contributed by atoms with Crippen LogP contribution in [0.5, 0.6) is 0 Å². The lowest BCUT2D eigenvalue weighted by Crippen LogP contribution is -1.85. The summed E-state index contributed by atoms with van der Waals surface area (Å²) in [6, 6.07) is 0. The van der Waals surface area contributed by atoms with Crippen LogP contribution in [0.25, 0.3) is 0 Å². The first-order valence-corrected chi connectivity index (χ1v) is 5.02. The minimum atomic E-state index is 0.929. The third kappa shape index (κ3) is 2.51. The van der Waals surface area contributed by atoms with Crippen molar-refractivity contribution in [2.45, 2.75) is 46.0 Å². The molecule has 1 unspecified atom stereocenters. The van der Waals surface area contributed by atoms with Crippen molar-refractivity contribution in [1.82, 2.24) is 0 Å². The largest absolute Gasteiger partial charge is 0.103 e. The van der Waals surface area contributed by atoms with Gasteiger partial charge in [0.05, 0.1) is 0 Å². The molecule has 0 radical (unpaired) electrons. The van der Waals surface area contributed by atoms with E-state index in [9.17, 15) is 0 Å². The summed E-state index contributed by atoms with van der Waals surface area (Å²) in [6.45, 7) is 8.40. The monoisotopic (exact) mass is 164 g/mol. The van der Waals surface area contributed by atoms with Crippen molar-refractivity contribution in [3.05, 3.63) is 23.8 Å². The predicted octanol–water partition coefficient (Wildman–Crippen LogP) is 4.09. The molecule has 1 rings (SSSR count). The van der Waals surface area contributed by atoms with Crippen LogP contribution in [0.15, 0.2) is 23.8 Å². The molecule has 0 heteroatoms. The molecule has 68 valence electrons. The van der Waals surface area contributed by atoms with Crippen LogP contribution >= 0.6 is 0 Å². The fourth-order valence-corrected chi connectivity index (χ4v) is 1.93. The molecule has 1 aliphatic carbocycles. The SMILES string of the molecule is C=CCCC(C)=C1CCC(C)C1. The molecule has 12 heavy (non-hydrogen) atoms. The van der Waals surface area contributed by atoms with E-state index in [4.69, 9.17) is 0 Å². The first-order chi connectivity index (χ1) is 5.74. The molecular weight excluding hydrogens is 144 g/mol. The Balaban J connectivity index is 2.46. The summed E-state index contributed by atoms with van der Waals surface area (Å²) < 4.78 is 0. The van der Waals surface area contributed by atoms with Gasteiger partial charge in [0.15, 0.2) is 0 Å². The smallest absolute Gasteiger partial charge is 0.0286 e. The summed E-state index contributed by atoms with van der Waals surface area (Å²) in [4.78, 5) is 0. The Morgan fingerprint density at radius 3 is 2.92 bits per heavy atom. The van der Waals surface area contributed by atoms with E-state index in [2.05, 4.69) is 20.4 Å². The van der Waals surface area contributed by atoms with Gasteiger partial charge in [-0.25, -0.2) is 0 Å². The summed E-state index contributed by atoms with van der Waals surface area (Å²) >= 11 is 0. The van der Waals surface area contributed by atoms with Crippen LogP contribution in [0.3, 0.4) is 0 Å². The van der Waals surface area contributed by atoms with Crippen LogP contribution in [0.1, 0.15) is 46.0 Å². The minimum Gasteiger partial charge on any atom is -0.103 e. The summed E-state index contributed by atoms with van der Waals surface area (Å²) in [7, 11) is 0. The highest BCUT2D eigenvalue weighted by molar-refractivity contribution is 5.16. The van der Waals surface area contributed by atoms with Gasteiger partial charge < -0.3 is 0 Å². The van der Waals surface area contributed by atoms with E-state index in [1.807, 2.05) is 6.08 Å². The van der Waals surface area contributed by atoms with Gasteiger partial charge in [-0.1, -0.05) is 24.1 Å². The van der Waals surface area contributed by atoms with Gasteiger partial charge in [-0.2, -0.15) is 0 Å². The molecule has 0 N–H and O–H groups in total. The highest BCUT2D eigenvalue weighted by Crippen LogP contribution is 2.32. The molecule has 1 aliphatic rings. The maximum absolute atomic E-state index is 3.75. The number of hydrogen-bond acceptors (Lipinski definition) is 0. The molecule has 0 saturated heterocycles. The molecule has 1 atom stereocenters. The van der Waals surface area contributed by atoms with E-state index in [0.29, 0.717) is 0 Å². The fraction of sp³-hybridized carbons (Fsp3) is 0.667. The van der Waals surface area contributed by atoms with Crippen LogP contribution < -0.4 is 0 Å². The quantitative estimate of drug-likeness (QED) is 0.551. The Bertz CT molecular complexity index is 186. The molecule has 1 fully saturated rings. The topological polar surface area (TPSA) is 0 Å². The third-order valence-corrected chi connectivity index (χ3v) is 2.86. The van der Waals surface area contributed by atoms with Crippen molar-refractivity contribution in [2.75, 3.05) is 0 Å². The number of hydrogen-bond donors (Lipinski definition) is 0. The van der Waals surface area contributed by atoms with Crippen molar-refractivity contribution in [3.63, 3.8) is 0 Å². The molecular formula is C12H20. The second kappa shape index (κ2) is 4.49. The summed E-state index contributed by atoms with van der Waals surface area (Å²) in [5.41, 5.74) is 3.35. The van der Waals surface area contributed by atoms with Crippen molar-refractivity contribution in [3.8, 4) is 0 Å². The van der Waals surface area contributed by atoms with E-state index in [1.54, 1.807) is 11.1 Å². The average Bonchev–Trinajstić information content (AvgIpc) is 2.47. The second-order valence-corrected chi connectivity index (χ2v) is 4.06. The Morgan fingerprint density at radius 2 is 2.42 bits per heavy atom. The van der Waals surface area contributed by atoms with E-state index in [0.717, 1.165) is 12.3 Å². The highest BCUT2D eigenvalue weighted by atomic mass is 14.2. The Labute approximate surface area is 76.4 Å². The van der Waals surface area contributed by atoms with Crippen molar-refractivity contribution in [2.24, 2.45) is 5.92 Å². The minimum absolute atomic E-state index is 0.929. The molecule has 1 saturated carbocycles. The van der Waals surface area contributed by atoms with Crippen LogP contribution in [0, 0.1) is 5.92 Å². The van der Waals surface area contributed by atoms with E-state index in [-0.39, 0.29) is 0 Å². The van der Waals surface area contributed by atoms with Crippen LogP contribution in [0.4, 0.5) is 0 Å². The molecule has 0 amide bonds. The van der Waals surface area contributed by atoms with Gasteiger partial charge >= 0.3 is 0 Å². The lowest BCUT2D eigenvalue weighted by atomic mass is 10.0. The molecule has 0 aliphatic heterocycles. The van der Waals surface area contributed by atoms with Crippen molar-refractivity contribution < 1.29 is 0 Å².